The van der Waals surface area contributed by atoms with Crippen LogP contribution in [0.3, 0.4) is 0 Å². The first-order chi connectivity index (χ1) is 7.29. The van der Waals surface area contributed by atoms with Crippen molar-refractivity contribution in [2.45, 2.75) is 19.3 Å². The van der Waals surface area contributed by atoms with Crippen LogP contribution in [0.15, 0.2) is 30.3 Å². The maximum Gasteiger partial charge on any atom is 0.137 e. The first kappa shape index (κ1) is 9.67. The Hall–Kier alpha value is -1.88. The molecule has 0 unspecified atom stereocenters. The van der Waals surface area contributed by atoms with Gasteiger partial charge in [0, 0.05) is 12.8 Å². The number of ketones is 1. The van der Waals surface area contributed by atoms with E-state index < -0.39 is 0 Å². The van der Waals surface area contributed by atoms with E-state index in [4.69, 9.17) is 5.26 Å². The Kier molecular flexibility index (Phi) is 2.64. The smallest absolute Gasteiger partial charge is 0.137 e. The number of hydrogen-bond acceptors (Lipinski definition) is 2. The van der Waals surface area contributed by atoms with Crippen molar-refractivity contribution in [3.8, 4) is 6.07 Å². The fraction of sp³-hybridized carbons (Fsp3) is 0.231. The quantitative estimate of drug-likeness (QED) is 0.694. The molecule has 2 nitrogen and oxygen atoms in total. The van der Waals surface area contributed by atoms with Crippen LogP contribution in [0, 0.1) is 11.3 Å². The molecule has 2 heteroatoms. The van der Waals surface area contributed by atoms with Gasteiger partial charge < -0.3 is 0 Å². The van der Waals surface area contributed by atoms with Gasteiger partial charge in [0.2, 0.25) is 0 Å². The minimum absolute atomic E-state index is 0.301. The number of carbonyl (C=O) groups is 1. The first-order valence-electron chi connectivity index (χ1n) is 5.01. The van der Waals surface area contributed by atoms with Crippen LogP contribution in [0.1, 0.15) is 30.4 Å². The molecule has 0 N–H and O–H groups in total. The summed E-state index contributed by atoms with van der Waals surface area (Å²) in [7, 11) is 0. The maximum absolute atomic E-state index is 11.1. The Labute approximate surface area is 88.8 Å². The van der Waals surface area contributed by atoms with Gasteiger partial charge in [0.05, 0.1) is 11.6 Å². The van der Waals surface area contributed by atoms with Gasteiger partial charge in [0.15, 0.2) is 0 Å². The Morgan fingerprint density at radius 2 is 2.13 bits per heavy atom. The molecule has 1 aliphatic carbocycles. The van der Waals surface area contributed by atoms with Gasteiger partial charge in [-0.05, 0) is 29.7 Å². The van der Waals surface area contributed by atoms with Gasteiger partial charge in [-0.3, -0.25) is 4.79 Å². The SMILES string of the molecule is N#Cc1cccc(C2=CCC(=O)CC2)c1. The lowest BCUT2D eigenvalue weighted by atomic mass is 9.92. The summed E-state index contributed by atoms with van der Waals surface area (Å²) in [6.45, 7) is 0. The molecule has 1 aromatic rings. The molecule has 15 heavy (non-hydrogen) atoms. The molecule has 2 rings (SSSR count). The van der Waals surface area contributed by atoms with Crippen LogP contribution < -0.4 is 0 Å². The molecule has 0 amide bonds. The second-order valence-corrected chi connectivity index (χ2v) is 3.66. The molecular weight excluding hydrogens is 186 g/mol. The van der Waals surface area contributed by atoms with Crippen LogP contribution >= 0.6 is 0 Å². The third kappa shape index (κ3) is 2.13. The standard InChI is InChI=1S/C13H11NO/c14-9-10-2-1-3-12(8-10)11-4-6-13(15)7-5-11/h1-4,8H,5-7H2. The second-order valence-electron chi connectivity index (χ2n) is 3.66. The first-order valence-corrected chi connectivity index (χ1v) is 5.01. The van der Waals surface area contributed by atoms with E-state index in [9.17, 15) is 4.79 Å². The molecule has 0 aliphatic heterocycles. The predicted octanol–water partition coefficient (Wildman–Crippen LogP) is 2.69. The lowest BCUT2D eigenvalue weighted by Crippen LogP contribution is -2.02. The number of rotatable bonds is 1. The number of allylic oxidation sites excluding steroid dienone is 2. The Morgan fingerprint density at radius 1 is 1.27 bits per heavy atom. The summed E-state index contributed by atoms with van der Waals surface area (Å²) in [5.74, 6) is 0.301. The zero-order valence-electron chi connectivity index (χ0n) is 8.36. The molecule has 0 atom stereocenters. The van der Waals surface area contributed by atoms with Gasteiger partial charge in [0.25, 0.3) is 0 Å². The Balaban J connectivity index is 2.30. The highest BCUT2D eigenvalue weighted by Crippen LogP contribution is 2.25. The van der Waals surface area contributed by atoms with Crippen LogP contribution in [0.2, 0.25) is 0 Å². The van der Waals surface area contributed by atoms with Gasteiger partial charge in [-0.25, -0.2) is 0 Å². The maximum atomic E-state index is 11.1. The average Bonchev–Trinajstić information content (AvgIpc) is 2.30. The van der Waals surface area contributed by atoms with Gasteiger partial charge in [0.1, 0.15) is 5.78 Å². The van der Waals surface area contributed by atoms with E-state index >= 15 is 0 Å². The van der Waals surface area contributed by atoms with E-state index in [-0.39, 0.29) is 0 Å². The fourth-order valence-corrected chi connectivity index (χ4v) is 1.77. The fourth-order valence-electron chi connectivity index (χ4n) is 1.77. The predicted molar refractivity (Wildman–Crippen MR) is 58.0 cm³/mol. The van der Waals surface area contributed by atoms with E-state index in [2.05, 4.69) is 6.07 Å². The molecule has 0 heterocycles. The van der Waals surface area contributed by atoms with Crippen molar-refractivity contribution in [2.24, 2.45) is 0 Å². The monoisotopic (exact) mass is 197 g/mol. The molecule has 0 spiro atoms. The summed E-state index contributed by atoms with van der Waals surface area (Å²) in [5.41, 5.74) is 2.93. The number of nitriles is 1. The molecule has 0 saturated heterocycles. The highest BCUT2D eigenvalue weighted by molar-refractivity contribution is 5.86. The van der Waals surface area contributed by atoms with Crippen LogP contribution in [0.4, 0.5) is 0 Å². The molecule has 1 aliphatic rings. The third-order valence-electron chi connectivity index (χ3n) is 2.61. The number of Topliss-reactive ketones (excluding diaryl/α,β-unsaturated/α-hetero) is 1. The Morgan fingerprint density at radius 3 is 2.80 bits per heavy atom. The minimum Gasteiger partial charge on any atom is -0.299 e. The summed E-state index contributed by atoms with van der Waals surface area (Å²) in [6, 6.07) is 9.66. The molecule has 1 aromatic carbocycles. The summed E-state index contributed by atoms with van der Waals surface area (Å²) in [4.78, 5) is 11.1. The zero-order valence-corrected chi connectivity index (χ0v) is 8.36. The number of carbonyl (C=O) groups excluding carboxylic acids is 1. The molecule has 0 aromatic heterocycles. The van der Waals surface area contributed by atoms with Crippen molar-refractivity contribution in [3.05, 3.63) is 41.5 Å². The number of benzene rings is 1. The third-order valence-corrected chi connectivity index (χ3v) is 2.61. The molecule has 0 fully saturated rings. The largest absolute Gasteiger partial charge is 0.299 e. The van der Waals surface area contributed by atoms with Gasteiger partial charge in [-0.2, -0.15) is 5.26 Å². The van der Waals surface area contributed by atoms with Crippen LogP contribution in [0.25, 0.3) is 5.57 Å². The van der Waals surface area contributed by atoms with E-state index in [0.29, 0.717) is 24.2 Å². The number of nitrogens with zero attached hydrogens (tertiary/aromatic N) is 1. The van der Waals surface area contributed by atoms with E-state index in [1.165, 1.54) is 5.57 Å². The van der Waals surface area contributed by atoms with Crippen molar-refractivity contribution in [1.82, 2.24) is 0 Å². The topological polar surface area (TPSA) is 40.9 Å². The molecule has 0 saturated carbocycles. The summed E-state index contributed by atoms with van der Waals surface area (Å²) in [6.07, 6.45) is 3.94. The van der Waals surface area contributed by atoms with Crippen LogP contribution in [-0.2, 0) is 4.79 Å². The second kappa shape index (κ2) is 4.10. The van der Waals surface area contributed by atoms with Gasteiger partial charge >= 0.3 is 0 Å². The molecule has 0 radical (unpaired) electrons. The number of hydrogen-bond donors (Lipinski definition) is 0. The minimum atomic E-state index is 0.301. The van der Waals surface area contributed by atoms with Gasteiger partial charge in [-0.1, -0.05) is 18.2 Å². The lowest BCUT2D eigenvalue weighted by Gasteiger charge is -2.12. The van der Waals surface area contributed by atoms with Crippen molar-refractivity contribution < 1.29 is 4.79 Å². The van der Waals surface area contributed by atoms with Gasteiger partial charge in [-0.15, -0.1) is 0 Å². The summed E-state index contributed by atoms with van der Waals surface area (Å²) >= 11 is 0. The molecule has 0 bridgehead atoms. The van der Waals surface area contributed by atoms with E-state index in [1.54, 1.807) is 6.07 Å². The van der Waals surface area contributed by atoms with Crippen LogP contribution in [-0.4, -0.2) is 5.78 Å². The lowest BCUT2D eigenvalue weighted by molar-refractivity contribution is -0.118. The van der Waals surface area contributed by atoms with E-state index in [0.717, 1.165) is 12.0 Å². The highest BCUT2D eigenvalue weighted by Gasteiger charge is 2.11. The van der Waals surface area contributed by atoms with Crippen LogP contribution in [0.5, 0.6) is 0 Å². The van der Waals surface area contributed by atoms with E-state index in [1.807, 2.05) is 24.3 Å². The van der Waals surface area contributed by atoms with Crippen molar-refractivity contribution in [2.75, 3.05) is 0 Å². The Bertz CT molecular complexity index is 466. The van der Waals surface area contributed by atoms with Crippen molar-refractivity contribution in [1.29, 1.82) is 5.26 Å². The highest BCUT2D eigenvalue weighted by atomic mass is 16.1. The van der Waals surface area contributed by atoms with Crippen molar-refractivity contribution in [3.63, 3.8) is 0 Å². The average molecular weight is 197 g/mol. The molecular formula is C13H11NO. The summed E-state index contributed by atoms with van der Waals surface area (Å²) in [5, 5.41) is 8.78. The zero-order chi connectivity index (χ0) is 10.7. The molecule has 74 valence electrons. The normalized spacial score (nSPS) is 15.7. The van der Waals surface area contributed by atoms with Crippen molar-refractivity contribution >= 4 is 11.4 Å². The summed E-state index contributed by atoms with van der Waals surface area (Å²) < 4.78 is 0.